The number of nitrogens with two attached hydrogens (primary N) is 1. The van der Waals surface area contributed by atoms with Gasteiger partial charge in [-0.3, -0.25) is 9.59 Å². The molecule has 1 aliphatic rings. The third-order valence-electron chi connectivity index (χ3n) is 4.30. The average molecular weight is 321 g/mol. The molecule has 0 aliphatic heterocycles. The van der Waals surface area contributed by atoms with Crippen LogP contribution in [0.4, 0.5) is 4.39 Å². The van der Waals surface area contributed by atoms with Crippen LogP contribution in [-0.4, -0.2) is 30.4 Å². The molecule has 1 saturated carbocycles. The van der Waals surface area contributed by atoms with Crippen LogP contribution in [0.5, 0.6) is 0 Å². The molecule has 4 N–H and O–H groups in total. The maximum absolute atomic E-state index is 12.8. The van der Waals surface area contributed by atoms with Gasteiger partial charge in [-0.05, 0) is 56.4 Å². The normalized spacial score (nSPS) is 16.5. The number of rotatable bonds is 8. The molecule has 0 radical (unpaired) electrons. The van der Waals surface area contributed by atoms with Crippen LogP contribution < -0.4 is 16.4 Å². The minimum absolute atomic E-state index is 0.0409. The lowest BCUT2D eigenvalue weighted by molar-refractivity contribution is -0.123. The van der Waals surface area contributed by atoms with E-state index in [1.807, 2.05) is 6.92 Å². The largest absolute Gasteiger partial charge is 0.352 e. The molecule has 5 nitrogen and oxygen atoms in total. The number of benzene rings is 1. The van der Waals surface area contributed by atoms with Crippen molar-refractivity contribution in [2.24, 2.45) is 11.7 Å². The zero-order valence-corrected chi connectivity index (χ0v) is 13.4. The van der Waals surface area contributed by atoms with Crippen LogP contribution in [-0.2, 0) is 4.79 Å². The molecule has 0 bridgehead atoms. The molecule has 1 aromatic carbocycles. The fourth-order valence-electron chi connectivity index (χ4n) is 2.58. The highest BCUT2D eigenvalue weighted by molar-refractivity contribution is 5.94. The standard InChI is InChI=1S/C17H24FN3O2/c1-17(11-19,13-6-7-13)21-15(22)3-2-10-20-16(23)12-4-8-14(18)9-5-12/h4-5,8-9,13H,2-3,6-7,10-11,19H2,1H3,(H,20,23)(H,21,22). The molecular formula is C17H24FN3O2. The number of carbonyl (C=O) groups is 2. The van der Waals surface area contributed by atoms with Gasteiger partial charge in [-0.25, -0.2) is 4.39 Å². The van der Waals surface area contributed by atoms with E-state index in [1.165, 1.54) is 24.3 Å². The molecule has 2 amide bonds. The summed E-state index contributed by atoms with van der Waals surface area (Å²) in [7, 11) is 0. The van der Waals surface area contributed by atoms with Crippen molar-refractivity contribution >= 4 is 11.8 Å². The second-order valence-corrected chi connectivity index (χ2v) is 6.31. The molecule has 0 heterocycles. The van der Waals surface area contributed by atoms with E-state index in [4.69, 9.17) is 5.73 Å². The van der Waals surface area contributed by atoms with Gasteiger partial charge in [0.1, 0.15) is 5.82 Å². The second kappa shape index (κ2) is 7.55. The minimum Gasteiger partial charge on any atom is -0.352 e. The number of amides is 2. The number of nitrogens with one attached hydrogen (secondary N) is 2. The molecule has 1 unspecified atom stereocenters. The van der Waals surface area contributed by atoms with E-state index < -0.39 is 0 Å². The first kappa shape index (κ1) is 17.4. The summed E-state index contributed by atoms with van der Waals surface area (Å²) in [5, 5.41) is 5.73. The second-order valence-electron chi connectivity index (χ2n) is 6.31. The zero-order chi connectivity index (χ0) is 16.9. The fraction of sp³-hybridized carbons (Fsp3) is 0.529. The molecule has 23 heavy (non-hydrogen) atoms. The quantitative estimate of drug-likeness (QED) is 0.636. The monoisotopic (exact) mass is 321 g/mol. The van der Waals surface area contributed by atoms with Crippen LogP contribution in [0.2, 0.25) is 0 Å². The third-order valence-corrected chi connectivity index (χ3v) is 4.30. The van der Waals surface area contributed by atoms with Gasteiger partial charge in [0.05, 0.1) is 5.54 Å². The maximum atomic E-state index is 12.8. The number of carbonyl (C=O) groups excluding carboxylic acids is 2. The van der Waals surface area contributed by atoms with E-state index in [0.29, 0.717) is 37.4 Å². The van der Waals surface area contributed by atoms with Crippen molar-refractivity contribution in [1.29, 1.82) is 0 Å². The van der Waals surface area contributed by atoms with Gasteiger partial charge in [-0.2, -0.15) is 0 Å². The van der Waals surface area contributed by atoms with Gasteiger partial charge in [0, 0.05) is 25.1 Å². The fourth-order valence-corrected chi connectivity index (χ4v) is 2.58. The van der Waals surface area contributed by atoms with Crippen molar-refractivity contribution in [3.05, 3.63) is 35.6 Å². The highest BCUT2D eigenvalue weighted by Gasteiger charge is 2.41. The first-order valence-corrected chi connectivity index (χ1v) is 7.99. The summed E-state index contributed by atoms with van der Waals surface area (Å²) in [6, 6.07) is 5.35. The molecule has 0 aromatic heterocycles. The molecule has 1 atom stereocenters. The van der Waals surface area contributed by atoms with Gasteiger partial charge in [0.15, 0.2) is 0 Å². The Bertz CT molecular complexity index is 557. The molecule has 1 aliphatic carbocycles. The predicted octanol–water partition coefficient (Wildman–Crippen LogP) is 1.58. The van der Waals surface area contributed by atoms with Gasteiger partial charge < -0.3 is 16.4 Å². The molecule has 126 valence electrons. The van der Waals surface area contributed by atoms with Crippen molar-refractivity contribution < 1.29 is 14.0 Å². The first-order valence-electron chi connectivity index (χ1n) is 7.99. The Labute approximate surface area is 135 Å². The predicted molar refractivity (Wildman–Crippen MR) is 86.3 cm³/mol. The summed E-state index contributed by atoms with van der Waals surface area (Å²) >= 11 is 0. The third kappa shape index (κ3) is 5.03. The van der Waals surface area contributed by atoms with E-state index in [-0.39, 0.29) is 23.2 Å². The van der Waals surface area contributed by atoms with Crippen LogP contribution in [0, 0.1) is 11.7 Å². The van der Waals surface area contributed by atoms with Crippen LogP contribution in [0.3, 0.4) is 0 Å². The summed E-state index contributed by atoms with van der Waals surface area (Å²) in [4.78, 5) is 23.8. The summed E-state index contributed by atoms with van der Waals surface area (Å²) in [6.07, 6.45) is 3.11. The highest BCUT2D eigenvalue weighted by atomic mass is 19.1. The summed E-state index contributed by atoms with van der Waals surface area (Å²) in [5.41, 5.74) is 5.86. The van der Waals surface area contributed by atoms with Crippen LogP contribution >= 0.6 is 0 Å². The topological polar surface area (TPSA) is 84.2 Å². The smallest absolute Gasteiger partial charge is 0.251 e. The molecule has 1 fully saturated rings. The van der Waals surface area contributed by atoms with Gasteiger partial charge >= 0.3 is 0 Å². The van der Waals surface area contributed by atoms with Crippen molar-refractivity contribution in [1.82, 2.24) is 10.6 Å². The molecule has 2 rings (SSSR count). The van der Waals surface area contributed by atoms with E-state index >= 15 is 0 Å². The van der Waals surface area contributed by atoms with E-state index in [9.17, 15) is 14.0 Å². The van der Waals surface area contributed by atoms with Crippen molar-refractivity contribution in [3.63, 3.8) is 0 Å². The molecule has 0 spiro atoms. The van der Waals surface area contributed by atoms with Crippen LogP contribution in [0.25, 0.3) is 0 Å². The van der Waals surface area contributed by atoms with Gasteiger partial charge in [0.25, 0.3) is 5.91 Å². The SMILES string of the molecule is CC(CN)(NC(=O)CCCNC(=O)c1ccc(F)cc1)C1CC1. The lowest BCUT2D eigenvalue weighted by Crippen LogP contribution is -2.53. The maximum Gasteiger partial charge on any atom is 0.251 e. The Morgan fingerprint density at radius 1 is 1.30 bits per heavy atom. The minimum atomic E-state index is -0.378. The summed E-state index contributed by atoms with van der Waals surface area (Å²) in [6.45, 7) is 2.82. The van der Waals surface area contributed by atoms with E-state index in [1.54, 1.807) is 0 Å². The van der Waals surface area contributed by atoms with Crippen molar-refractivity contribution in [3.8, 4) is 0 Å². The Morgan fingerprint density at radius 2 is 1.96 bits per heavy atom. The Kier molecular flexibility index (Phi) is 5.71. The molecule has 1 aromatic rings. The van der Waals surface area contributed by atoms with E-state index in [0.717, 1.165) is 12.8 Å². The van der Waals surface area contributed by atoms with E-state index in [2.05, 4.69) is 10.6 Å². The number of halogens is 1. The van der Waals surface area contributed by atoms with Crippen molar-refractivity contribution in [2.45, 2.75) is 38.1 Å². The highest BCUT2D eigenvalue weighted by Crippen LogP contribution is 2.38. The Hall–Kier alpha value is -1.95. The van der Waals surface area contributed by atoms with Gasteiger partial charge in [0.2, 0.25) is 5.91 Å². The molecule has 6 heteroatoms. The Balaban J connectivity index is 1.67. The molecular weight excluding hydrogens is 297 g/mol. The van der Waals surface area contributed by atoms with Crippen LogP contribution in [0.15, 0.2) is 24.3 Å². The van der Waals surface area contributed by atoms with Crippen molar-refractivity contribution in [2.75, 3.05) is 13.1 Å². The number of hydrogen-bond donors (Lipinski definition) is 3. The van der Waals surface area contributed by atoms with Crippen LogP contribution in [0.1, 0.15) is 43.0 Å². The summed E-state index contributed by atoms with van der Waals surface area (Å²) in [5.74, 6) is -0.206. The number of hydrogen-bond acceptors (Lipinski definition) is 3. The molecule has 0 saturated heterocycles. The lowest BCUT2D eigenvalue weighted by Gasteiger charge is -2.29. The Morgan fingerprint density at radius 3 is 2.52 bits per heavy atom. The zero-order valence-electron chi connectivity index (χ0n) is 13.4. The van der Waals surface area contributed by atoms with Gasteiger partial charge in [-0.1, -0.05) is 0 Å². The first-order chi connectivity index (χ1) is 10.9. The van der Waals surface area contributed by atoms with Gasteiger partial charge in [-0.15, -0.1) is 0 Å². The lowest BCUT2D eigenvalue weighted by atomic mass is 9.95. The summed E-state index contributed by atoms with van der Waals surface area (Å²) < 4.78 is 12.8. The average Bonchev–Trinajstić information content (AvgIpc) is 3.37.